The average molecular weight is 452 g/mol. The van der Waals surface area contributed by atoms with Crippen molar-refractivity contribution in [1.82, 2.24) is 24.9 Å². The highest BCUT2D eigenvalue weighted by Crippen LogP contribution is 2.39. The number of aromatic nitrogens is 4. The lowest BCUT2D eigenvalue weighted by atomic mass is 9.89. The fraction of sp³-hybridized carbons (Fsp3) is 0.391. The van der Waals surface area contributed by atoms with Crippen LogP contribution < -0.4 is 5.32 Å². The molecule has 160 valence electrons. The number of aryl methyl sites for hydroxylation is 2. The minimum atomic E-state index is 0.00581. The van der Waals surface area contributed by atoms with Crippen LogP contribution in [-0.2, 0) is 24.1 Å². The fourth-order valence-electron chi connectivity index (χ4n) is 4.23. The molecule has 1 atom stereocenters. The number of carbonyl (C=O) groups is 1. The molecular formula is C23H25N5OS2. The number of hydrogen-bond donors (Lipinski definition) is 1. The van der Waals surface area contributed by atoms with Crippen molar-refractivity contribution < 1.29 is 4.79 Å². The van der Waals surface area contributed by atoms with Gasteiger partial charge in [-0.25, -0.2) is 4.98 Å². The molecule has 5 rings (SSSR count). The quantitative estimate of drug-likeness (QED) is 0.444. The summed E-state index contributed by atoms with van der Waals surface area (Å²) >= 11 is 3.22. The molecule has 3 heterocycles. The maximum Gasteiger partial charge on any atom is 0.230 e. The second-order valence-electron chi connectivity index (χ2n) is 8.21. The van der Waals surface area contributed by atoms with Crippen LogP contribution in [0.1, 0.15) is 35.2 Å². The lowest BCUT2D eigenvalue weighted by molar-refractivity contribution is -0.118. The maximum atomic E-state index is 12.3. The van der Waals surface area contributed by atoms with Crippen LogP contribution in [0.5, 0.6) is 0 Å². The van der Waals surface area contributed by atoms with Gasteiger partial charge in [0.1, 0.15) is 10.7 Å². The largest absolute Gasteiger partial charge is 0.355 e. The van der Waals surface area contributed by atoms with E-state index in [1.807, 2.05) is 29.5 Å². The van der Waals surface area contributed by atoms with Gasteiger partial charge in [-0.1, -0.05) is 49.0 Å². The molecule has 1 unspecified atom stereocenters. The molecule has 6 nitrogen and oxygen atoms in total. The summed E-state index contributed by atoms with van der Waals surface area (Å²) in [6.45, 7) is 4.93. The molecule has 0 bridgehead atoms. The number of thiophene rings is 1. The SMILES string of the molecule is Cc1nc2sc3c(c2c2nnc(SCC(=O)NCCc4ccccc4)n12)CCC(C)C3. The van der Waals surface area contributed by atoms with Crippen LogP contribution in [0, 0.1) is 12.8 Å². The van der Waals surface area contributed by atoms with Gasteiger partial charge in [0.05, 0.1) is 11.1 Å². The Morgan fingerprint density at radius 2 is 2.13 bits per heavy atom. The van der Waals surface area contributed by atoms with Crippen molar-refractivity contribution in [2.24, 2.45) is 5.92 Å². The highest BCUT2D eigenvalue weighted by Gasteiger charge is 2.25. The van der Waals surface area contributed by atoms with Gasteiger partial charge in [-0.15, -0.1) is 21.5 Å². The Morgan fingerprint density at radius 3 is 2.97 bits per heavy atom. The topological polar surface area (TPSA) is 72.2 Å². The molecule has 3 aromatic heterocycles. The van der Waals surface area contributed by atoms with E-state index >= 15 is 0 Å². The molecular weight excluding hydrogens is 426 g/mol. The summed E-state index contributed by atoms with van der Waals surface area (Å²) < 4.78 is 2.01. The Bertz CT molecular complexity index is 1250. The van der Waals surface area contributed by atoms with Crippen molar-refractivity contribution in [3.05, 3.63) is 52.2 Å². The average Bonchev–Trinajstić information content (AvgIpc) is 3.34. The van der Waals surface area contributed by atoms with Crippen LogP contribution in [-0.4, -0.2) is 37.8 Å². The third-order valence-electron chi connectivity index (χ3n) is 5.85. The van der Waals surface area contributed by atoms with Gasteiger partial charge in [0.2, 0.25) is 5.91 Å². The molecule has 0 fully saturated rings. The lowest BCUT2D eigenvalue weighted by Gasteiger charge is -2.17. The molecule has 4 aromatic rings. The fourth-order valence-corrected chi connectivity index (χ4v) is 6.46. The monoisotopic (exact) mass is 451 g/mol. The number of fused-ring (bicyclic) bond motifs is 5. The molecule has 0 spiro atoms. The summed E-state index contributed by atoms with van der Waals surface area (Å²) in [5, 5.41) is 13.8. The second kappa shape index (κ2) is 8.59. The van der Waals surface area contributed by atoms with Gasteiger partial charge in [0.15, 0.2) is 10.8 Å². The summed E-state index contributed by atoms with van der Waals surface area (Å²) in [4.78, 5) is 19.7. The summed E-state index contributed by atoms with van der Waals surface area (Å²) in [6.07, 6.45) is 4.24. The number of amides is 1. The van der Waals surface area contributed by atoms with E-state index in [0.717, 1.165) is 52.0 Å². The van der Waals surface area contributed by atoms with Crippen molar-refractivity contribution in [3.63, 3.8) is 0 Å². The van der Waals surface area contributed by atoms with E-state index in [1.165, 1.54) is 34.2 Å². The van der Waals surface area contributed by atoms with E-state index in [9.17, 15) is 4.79 Å². The number of nitrogens with zero attached hydrogens (tertiary/aromatic N) is 4. The van der Waals surface area contributed by atoms with Gasteiger partial charge in [0.25, 0.3) is 0 Å². The van der Waals surface area contributed by atoms with Gasteiger partial charge < -0.3 is 5.32 Å². The Balaban J connectivity index is 1.31. The molecule has 1 aliphatic rings. The molecule has 0 radical (unpaired) electrons. The zero-order valence-electron chi connectivity index (χ0n) is 17.7. The van der Waals surface area contributed by atoms with Gasteiger partial charge in [0, 0.05) is 11.4 Å². The minimum Gasteiger partial charge on any atom is -0.355 e. The van der Waals surface area contributed by atoms with E-state index in [0.29, 0.717) is 12.3 Å². The zero-order valence-corrected chi connectivity index (χ0v) is 19.4. The number of benzene rings is 1. The predicted molar refractivity (Wildman–Crippen MR) is 126 cm³/mol. The first-order chi connectivity index (χ1) is 15.1. The first kappa shape index (κ1) is 20.5. The van der Waals surface area contributed by atoms with Crippen LogP contribution in [0.15, 0.2) is 35.5 Å². The lowest BCUT2D eigenvalue weighted by Crippen LogP contribution is -2.27. The minimum absolute atomic E-state index is 0.00581. The Morgan fingerprint density at radius 1 is 1.29 bits per heavy atom. The van der Waals surface area contributed by atoms with Gasteiger partial charge in [-0.05, 0) is 49.7 Å². The van der Waals surface area contributed by atoms with Crippen molar-refractivity contribution in [3.8, 4) is 0 Å². The third kappa shape index (κ3) is 4.06. The number of hydrogen-bond acceptors (Lipinski definition) is 6. The van der Waals surface area contributed by atoms with Crippen LogP contribution >= 0.6 is 23.1 Å². The molecule has 1 aromatic carbocycles. The third-order valence-corrected chi connectivity index (χ3v) is 7.93. The molecule has 0 saturated heterocycles. The molecule has 1 aliphatic carbocycles. The summed E-state index contributed by atoms with van der Waals surface area (Å²) in [7, 11) is 0. The van der Waals surface area contributed by atoms with Crippen molar-refractivity contribution in [2.75, 3.05) is 12.3 Å². The van der Waals surface area contributed by atoms with Gasteiger partial charge in [-0.2, -0.15) is 0 Å². The smallest absolute Gasteiger partial charge is 0.230 e. The number of carbonyl (C=O) groups excluding carboxylic acids is 1. The van der Waals surface area contributed by atoms with Crippen LogP contribution in [0.2, 0.25) is 0 Å². The maximum absolute atomic E-state index is 12.3. The molecule has 0 aliphatic heterocycles. The van der Waals surface area contributed by atoms with Crippen molar-refractivity contribution >= 4 is 44.9 Å². The Hall–Kier alpha value is -2.45. The number of rotatable bonds is 6. The molecule has 1 N–H and O–H groups in total. The van der Waals surface area contributed by atoms with Crippen LogP contribution in [0.3, 0.4) is 0 Å². The van der Waals surface area contributed by atoms with Crippen molar-refractivity contribution in [1.29, 1.82) is 0 Å². The summed E-state index contributed by atoms with van der Waals surface area (Å²) in [5.41, 5.74) is 3.50. The normalized spacial score (nSPS) is 16.0. The number of nitrogens with one attached hydrogen (secondary N) is 1. The molecule has 0 saturated carbocycles. The second-order valence-corrected chi connectivity index (χ2v) is 10.2. The van der Waals surface area contributed by atoms with Crippen LogP contribution in [0.25, 0.3) is 15.9 Å². The van der Waals surface area contributed by atoms with E-state index < -0.39 is 0 Å². The molecule has 31 heavy (non-hydrogen) atoms. The first-order valence-corrected chi connectivity index (χ1v) is 12.5. The highest BCUT2D eigenvalue weighted by atomic mass is 32.2. The van der Waals surface area contributed by atoms with Gasteiger partial charge >= 0.3 is 0 Å². The Kier molecular flexibility index (Phi) is 5.67. The standard InChI is InChI=1S/C23H25N5OS2/c1-14-8-9-17-18(12-14)31-22-20(17)21-26-27-23(28(21)15(2)25-22)30-13-19(29)24-11-10-16-6-4-3-5-7-16/h3-7,14H,8-13H2,1-2H3,(H,24,29). The van der Waals surface area contributed by atoms with Crippen molar-refractivity contribution in [2.45, 2.75) is 44.7 Å². The molecule has 1 amide bonds. The van der Waals surface area contributed by atoms with Gasteiger partial charge in [-0.3, -0.25) is 9.20 Å². The predicted octanol–water partition coefficient (Wildman–Crippen LogP) is 4.22. The Labute approximate surface area is 189 Å². The first-order valence-electron chi connectivity index (χ1n) is 10.7. The highest BCUT2D eigenvalue weighted by molar-refractivity contribution is 7.99. The van der Waals surface area contributed by atoms with E-state index in [1.54, 1.807) is 11.3 Å². The zero-order chi connectivity index (χ0) is 21.4. The van der Waals surface area contributed by atoms with E-state index in [4.69, 9.17) is 4.98 Å². The van der Waals surface area contributed by atoms with Crippen LogP contribution in [0.4, 0.5) is 0 Å². The number of thioether (sulfide) groups is 1. The molecule has 8 heteroatoms. The summed E-state index contributed by atoms with van der Waals surface area (Å²) in [6, 6.07) is 10.2. The summed E-state index contributed by atoms with van der Waals surface area (Å²) in [5.74, 6) is 1.91. The van der Waals surface area contributed by atoms with E-state index in [-0.39, 0.29) is 5.91 Å². The van der Waals surface area contributed by atoms with E-state index in [2.05, 4.69) is 34.6 Å².